The molecule has 2 saturated heterocycles. The smallest absolute Gasteiger partial charge is 0.266 e. The van der Waals surface area contributed by atoms with Gasteiger partial charge in [0.15, 0.2) is 5.17 Å². The van der Waals surface area contributed by atoms with Crippen molar-refractivity contribution in [3.05, 3.63) is 94.4 Å². The molecule has 6 nitrogen and oxygen atoms in total. The number of piperidine rings is 1. The molecule has 3 aromatic rings. The summed E-state index contributed by atoms with van der Waals surface area (Å²) in [5.41, 5.74) is 10.6. The molecular weight excluding hydrogens is 523 g/mol. The van der Waals surface area contributed by atoms with Gasteiger partial charge in [0.1, 0.15) is 0 Å². The molecule has 2 N–H and O–H groups in total. The lowest BCUT2D eigenvalue weighted by Crippen LogP contribution is -2.30. The molecule has 5 rings (SSSR count). The number of thiol groups is 1. The zero-order valence-corrected chi connectivity index (χ0v) is 24.0. The van der Waals surface area contributed by atoms with Gasteiger partial charge in [0.05, 0.1) is 34.5 Å². The van der Waals surface area contributed by atoms with Crippen molar-refractivity contribution in [3.8, 4) is 6.07 Å². The van der Waals surface area contributed by atoms with E-state index in [1.165, 1.54) is 18.2 Å². The first-order chi connectivity index (χ1) is 18.9. The SMILES string of the molecule is CC(C)=C1SC(=Nc2cc(C#N)ccc2N2CCCCC2)N(Cc2ccccc2)C1=O.Nc1ccccc1S. The molecule has 2 heterocycles. The second-order valence-corrected chi connectivity index (χ2v) is 11.1. The summed E-state index contributed by atoms with van der Waals surface area (Å²) in [6.07, 6.45) is 3.56. The van der Waals surface area contributed by atoms with Crippen LogP contribution in [0.2, 0.25) is 0 Å². The molecule has 200 valence electrons. The normalized spacial score (nSPS) is 16.1. The first-order valence-corrected chi connectivity index (χ1v) is 14.3. The van der Waals surface area contributed by atoms with Crippen molar-refractivity contribution in [2.24, 2.45) is 4.99 Å². The number of anilines is 2. The predicted octanol–water partition coefficient (Wildman–Crippen LogP) is 7.16. The van der Waals surface area contributed by atoms with Crippen molar-refractivity contribution < 1.29 is 4.79 Å². The number of hydrogen-bond acceptors (Lipinski definition) is 7. The van der Waals surface area contributed by atoms with E-state index in [9.17, 15) is 10.1 Å². The minimum atomic E-state index is -0.0106. The Bertz CT molecular complexity index is 1400. The molecule has 39 heavy (non-hydrogen) atoms. The molecule has 0 bridgehead atoms. The summed E-state index contributed by atoms with van der Waals surface area (Å²) in [6, 6.07) is 25.3. The number of carbonyl (C=O) groups is 1. The van der Waals surface area contributed by atoms with Crippen LogP contribution in [0.1, 0.15) is 44.2 Å². The molecule has 0 atom stereocenters. The number of hydrogen-bond donors (Lipinski definition) is 2. The number of benzene rings is 3. The number of aliphatic imine (C=N–C) groups is 1. The van der Waals surface area contributed by atoms with Crippen LogP contribution in [-0.2, 0) is 11.3 Å². The fraction of sp³-hybridized carbons (Fsp3) is 0.258. The summed E-state index contributed by atoms with van der Waals surface area (Å²) >= 11 is 5.50. The Kier molecular flexibility index (Phi) is 9.74. The van der Waals surface area contributed by atoms with E-state index in [4.69, 9.17) is 10.7 Å². The third-order valence-corrected chi connectivity index (χ3v) is 8.14. The largest absolute Gasteiger partial charge is 0.398 e. The first kappa shape index (κ1) is 28.3. The number of nitrogen functional groups attached to an aromatic ring is 1. The summed E-state index contributed by atoms with van der Waals surface area (Å²) in [7, 11) is 0. The maximum atomic E-state index is 13.2. The Morgan fingerprint density at radius 3 is 2.33 bits per heavy atom. The van der Waals surface area contributed by atoms with E-state index in [1.54, 1.807) is 4.90 Å². The summed E-state index contributed by atoms with van der Waals surface area (Å²) in [4.78, 5) is 23.8. The van der Waals surface area contributed by atoms with Gasteiger partial charge in [-0.3, -0.25) is 9.69 Å². The summed E-state index contributed by atoms with van der Waals surface area (Å²) in [5, 5.41) is 10.1. The van der Waals surface area contributed by atoms with Gasteiger partial charge < -0.3 is 10.6 Å². The van der Waals surface area contributed by atoms with Gasteiger partial charge in [-0.25, -0.2) is 4.99 Å². The van der Waals surface area contributed by atoms with Crippen LogP contribution >= 0.6 is 24.4 Å². The van der Waals surface area contributed by atoms with Gasteiger partial charge >= 0.3 is 0 Å². The molecule has 0 unspecified atom stereocenters. The van der Waals surface area contributed by atoms with Crippen LogP contribution in [0.4, 0.5) is 17.1 Å². The maximum Gasteiger partial charge on any atom is 0.266 e. The summed E-state index contributed by atoms with van der Waals surface area (Å²) in [6.45, 7) is 6.36. The molecule has 3 aromatic carbocycles. The van der Waals surface area contributed by atoms with Gasteiger partial charge in [0.25, 0.3) is 5.91 Å². The molecule has 2 aliphatic heterocycles. The van der Waals surface area contributed by atoms with Crippen molar-refractivity contribution in [2.45, 2.75) is 44.6 Å². The highest BCUT2D eigenvalue weighted by molar-refractivity contribution is 8.18. The van der Waals surface area contributed by atoms with E-state index in [1.807, 2.05) is 86.6 Å². The van der Waals surface area contributed by atoms with Gasteiger partial charge in [-0.05, 0) is 80.8 Å². The Balaban J connectivity index is 0.000000379. The van der Waals surface area contributed by atoms with Crippen LogP contribution in [0.5, 0.6) is 0 Å². The number of para-hydroxylation sites is 1. The van der Waals surface area contributed by atoms with E-state index in [0.717, 1.165) is 63.9 Å². The van der Waals surface area contributed by atoms with Crippen LogP contribution in [0.3, 0.4) is 0 Å². The number of allylic oxidation sites excluding steroid dienone is 1. The lowest BCUT2D eigenvalue weighted by Gasteiger charge is -2.30. The standard InChI is InChI=1S/C25H26N4OS.C6H7NS/c1-18(2)23-24(30)29(17-19-9-5-3-6-10-19)25(31-23)27-21-15-20(16-26)11-12-22(21)28-13-7-4-8-14-28;7-5-3-1-2-4-6(5)8/h3,5-6,9-12,15H,4,7-8,13-14,17H2,1-2H3;1-4,8H,7H2. The molecule has 2 fully saturated rings. The third kappa shape index (κ3) is 7.25. The van der Waals surface area contributed by atoms with Gasteiger partial charge in [-0.2, -0.15) is 5.26 Å². The van der Waals surface area contributed by atoms with E-state index >= 15 is 0 Å². The number of rotatable bonds is 4. The molecule has 0 saturated carbocycles. The number of amides is 1. The van der Waals surface area contributed by atoms with Gasteiger partial charge in [0.2, 0.25) is 0 Å². The summed E-state index contributed by atoms with van der Waals surface area (Å²) in [5.74, 6) is -0.0106. The highest BCUT2D eigenvalue weighted by atomic mass is 32.2. The second kappa shape index (κ2) is 13.4. The van der Waals surface area contributed by atoms with E-state index in [2.05, 4.69) is 23.6 Å². The van der Waals surface area contributed by atoms with Crippen molar-refractivity contribution >= 4 is 52.5 Å². The Morgan fingerprint density at radius 2 is 1.72 bits per heavy atom. The molecule has 0 aliphatic carbocycles. The van der Waals surface area contributed by atoms with Gasteiger partial charge in [-0.1, -0.05) is 48.0 Å². The van der Waals surface area contributed by atoms with Crippen LogP contribution in [0.25, 0.3) is 0 Å². The first-order valence-electron chi connectivity index (χ1n) is 13.0. The molecular formula is C31H33N5OS2. The quantitative estimate of drug-likeness (QED) is 0.203. The Morgan fingerprint density at radius 1 is 1.03 bits per heavy atom. The highest BCUT2D eigenvalue weighted by Gasteiger charge is 2.34. The minimum Gasteiger partial charge on any atom is -0.398 e. The Hall–Kier alpha value is -3.67. The fourth-order valence-electron chi connectivity index (χ4n) is 4.38. The lowest BCUT2D eigenvalue weighted by atomic mass is 10.1. The molecule has 2 aliphatic rings. The van der Waals surface area contributed by atoms with E-state index < -0.39 is 0 Å². The van der Waals surface area contributed by atoms with Crippen molar-refractivity contribution in [1.82, 2.24) is 4.90 Å². The molecule has 1 amide bonds. The average molecular weight is 556 g/mol. The fourth-order valence-corrected chi connectivity index (χ4v) is 5.53. The van der Waals surface area contributed by atoms with Crippen LogP contribution < -0.4 is 10.6 Å². The second-order valence-electron chi connectivity index (χ2n) is 9.62. The molecule has 0 spiro atoms. The van der Waals surface area contributed by atoms with Crippen molar-refractivity contribution in [3.63, 3.8) is 0 Å². The van der Waals surface area contributed by atoms with Crippen LogP contribution in [0, 0.1) is 11.3 Å². The molecule has 0 aromatic heterocycles. The van der Waals surface area contributed by atoms with E-state index in [0.29, 0.717) is 17.3 Å². The molecule has 0 radical (unpaired) electrons. The average Bonchev–Trinajstić information content (AvgIpc) is 3.26. The topological polar surface area (TPSA) is 85.7 Å². The number of nitrogens with zero attached hydrogens (tertiary/aromatic N) is 4. The van der Waals surface area contributed by atoms with Crippen LogP contribution in [-0.4, -0.2) is 29.1 Å². The number of thioether (sulfide) groups is 1. The number of nitrogens with two attached hydrogens (primary N) is 1. The zero-order valence-electron chi connectivity index (χ0n) is 22.3. The molecule has 8 heteroatoms. The lowest BCUT2D eigenvalue weighted by molar-refractivity contribution is -0.122. The summed E-state index contributed by atoms with van der Waals surface area (Å²) < 4.78 is 0. The maximum absolute atomic E-state index is 13.2. The van der Waals surface area contributed by atoms with Crippen molar-refractivity contribution in [1.29, 1.82) is 5.26 Å². The number of amidine groups is 1. The highest BCUT2D eigenvalue weighted by Crippen LogP contribution is 2.38. The zero-order chi connectivity index (χ0) is 27.8. The minimum absolute atomic E-state index is 0.0106. The Labute approximate surface area is 240 Å². The number of nitriles is 1. The van der Waals surface area contributed by atoms with Crippen molar-refractivity contribution in [2.75, 3.05) is 23.7 Å². The van der Waals surface area contributed by atoms with E-state index in [-0.39, 0.29) is 5.91 Å². The monoisotopic (exact) mass is 555 g/mol. The van der Waals surface area contributed by atoms with Gasteiger partial charge in [0, 0.05) is 23.7 Å². The number of carbonyl (C=O) groups excluding carboxylic acids is 1. The van der Waals surface area contributed by atoms with Crippen LogP contribution in [0.15, 0.2) is 93.2 Å². The van der Waals surface area contributed by atoms with Gasteiger partial charge in [-0.15, -0.1) is 12.6 Å². The predicted molar refractivity (Wildman–Crippen MR) is 165 cm³/mol. The third-order valence-electron chi connectivity index (χ3n) is 6.46.